The minimum Gasteiger partial charge on any atom is -0.331 e. The highest BCUT2D eigenvalue weighted by Gasteiger charge is 2.08. The molecule has 0 fully saturated rings. The van der Waals surface area contributed by atoms with Gasteiger partial charge in [-0.3, -0.25) is 4.79 Å². The first-order valence-electron chi connectivity index (χ1n) is 5.86. The van der Waals surface area contributed by atoms with Gasteiger partial charge in [0.2, 0.25) is 5.91 Å². The zero-order chi connectivity index (χ0) is 11.5. The van der Waals surface area contributed by atoms with Crippen molar-refractivity contribution in [3.8, 4) is 0 Å². The molecule has 0 aromatic rings. The lowest BCUT2D eigenvalue weighted by molar-refractivity contribution is -0.121. The molecule has 0 radical (unpaired) electrons. The first kappa shape index (κ1) is 14.1. The van der Waals surface area contributed by atoms with E-state index in [1.54, 1.807) is 0 Å². The third-order valence-electron chi connectivity index (χ3n) is 2.35. The molecule has 88 valence electrons. The Bertz CT molecular complexity index is 183. The Morgan fingerprint density at radius 2 is 1.87 bits per heavy atom. The molecular formula is C11H22N2O2. The summed E-state index contributed by atoms with van der Waals surface area (Å²) in [6.07, 6.45) is 6.14. The largest absolute Gasteiger partial charge is 0.331 e. The summed E-state index contributed by atoms with van der Waals surface area (Å²) in [5.74, 6) is -0.0575. The van der Waals surface area contributed by atoms with Crippen LogP contribution in [-0.4, -0.2) is 12.1 Å². The summed E-state index contributed by atoms with van der Waals surface area (Å²) in [6, 6.07) is 0. The summed E-state index contributed by atoms with van der Waals surface area (Å²) in [5.41, 5.74) is 0. The second-order valence-corrected chi connectivity index (χ2v) is 3.76. The van der Waals surface area contributed by atoms with Crippen molar-refractivity contribution >= 4 is 5.91 Å². The second-order valence-electron chi connectivity index (χ2n) is 3.76. The van der Waals surface area contributed by atoms with Crippen molar-refractivity contribution in [2.24, 2.45) is 5.18 Å². The molecular weight excluding hydrogens is 192 g/mol. The van der Waals surface area contributed by atoms with Crippen molar-refractivity contribution in [1.82, 2.24) is 5.32 Å². The summed E-state index contributed by atoms with van der Waals surface area (Å²) in [7, 11) is 0. The minimum atomic E-state index is -0.548. The van der Waals surface area contributed by atoms with E-state index in [0.717, 1.165) is 12.8 Å². The smallest absolute Gasteiger partial charge is 0.221 e. The molecule has 15 heavy (non-hydrogen) atoms. The van der Waals surface area contributed by atoms with Crippen LogP contribution in [-0.2, 0) is 4.79 Å². The summed E-state index contributed by atoms with van der Waals surface area (Å²) >= 11 is 0. The van der Waals surface area contributed by atoms with Gasteiger partial charge in [0.1, 0.15) is 0 Å². The lowest BCUT2D eigenvalue weighted by atomic mass is 10.1. The number of nitroso groups, excluding NO2 is 1. The first-order chi connectivity index (χ1) is 7.24. The molecule has 0 aromatic carbocycles. The van der Waals surface area contributed by atoms with Gasteiger partial charge in [-0.05, 0) is 18.0 Å². The van der Waals surface area contributed by atoms with Gasteiger partial charge in [-0.2, -0.15) is 0 Å². The summed E-state index contributed by atoms with van der Waals surface area (Å²) in [6.45, 7) is 3.99. The number of rotatable bonds is 9. The van der Waals surface area contributed by atoms with Crippen molar-refractivity contribution in [1.29, 1.82) is 0 Å². The van der Waals surface area contributed by atoms with Gasteiger partial charge in [-0.25, -0.2) is 0 Å². The molecule has 0 aliphatic heterocycles. The molecule has 0 saturated heterocycles. The lowest BCUT2D eigenvalue weighted by Gasteiger charge is -2.08. The van der Waals surface area contributed by atoms with Crippen LogP contribution < -0.4 is 5.32 Å². The number of unbranched alkanes of at least 4 members (excludes halogenated alkanes) is 4. The van der Waals surface area contributed by atoms with Crippen molar-refractivity contribution in [2.75, 3.05) is 0 Å². The third-order valence-corrected chi connectivity index (χ3v) is 2.35. The zero-order valence-corrected chi connectivity index (χ0v) is 9.79. The lowest BCUT2D eigenvalue weighted by Crippen LogP contribution is -2.32. The van der Waals surface area contributed by atoms with E-state index in [0.29, 0.717) is 12.8 Å². The fourth-order valence-electron chi connectivity index (χ4n) is 1.35. The molecule has 0 rings (SSSR count). The zero-order valence-electron chi connectivity index (χ0n) is 9.79. The Labute approximate surface area is 91.8 Å². The predicted molar refractivity (Wildman–Crippen MR) is 61.4 cm³/mol. The number of nitrogens with zero attached hydrogens (tertiary/aromatic N) is 1. The van der Waals surface area contributed by atoms with Gasteiger partial charge >= 0.3 is 0 Å². The van der Waals surface area contributed by atoms with Crippen molar-refractivity contribution in [3.05, 3.63) is 4.91 Å². The SMILES string of the molecule is CCCCCCCC(=O)NC(CC)N=O. The number of amides is 1. The van der Waals surface area contributed by atoms with Gasteiger partial charge in [0.05, 0.1) is 0 Å². The fourth-order valence-corrected chi connectivity index (χ4v) is 1.35. The Hall–Kier alpha value is -0.930. The normalized spacial score (nSPS) is 12.1. The van der Waals surface area contributed by atoms with Gasteiger partial charge < -0.3 is 5.32 Å². The van der Waals surface area contributed by atoms with Gasteiger partial charge in [-0.1, -0.05) is 39.5 Å². The summed E-state index contributed by atoms with van der Waals surface area (Å²) in [4.78, 5) is 21.5. The topological polar surface area (TPSA) is 58.5 Å². The van der Waals surface area contributed by atoms with Crippen LogP contribution in [0, 0.1) is 4.91 Å². The third kappa shape index (κ3) is 8.09. The van der Waals surface area contributed by atoms with Crippen LogP contribution in [0.15, 0.2) is 5.18 Å². The molecule has 4 nitrogen and oxygen atoms in total. The van der Waals surface area contributed by atoms with Crippen LogP contribution in [0.5, 0.6) is 0 Å². The Kier molecular flexibility index (Phi) is 9.02. The number of carbonyl (C=O) groups is 1. The highest BCUT2D eigenvalue weighted by molar-refractivity contribution is 5.76. The number of hydrogen-bond donors (Lipinski definition) is 1. The van der Waals surface area contributed by atoms with Crippen molar-refractivity contribution in [2.45, 2.75) is 65.0 Å². The van der Waals surface area contributed by atoms with E-state index in [4.69, 9.17) is 0 Å². The Balaban J connectivity index is 3.44. The van der Waals surface area contributed by atoms with Crippen LogP contribution in [0.4, 0.5) is 0 Å². The second kappa shape index (κ2) is 9.62. The number of nitrogens with one attached hydrogen (secondary N) is 1. The van der Waals surface area contributed by atoms with Crippen molar-refractivity contribution < 1.29 is 4.79 Å². The standard InChI is InChI=1S/C11H22N2O2/c1-3-5-6-7-8-9-11(14)12-10(4-2)13-15/h10H,3-9H2,1-2H3,(H,12,14). The van der Waals surface area contributed by atoms with E-state index in [-0.39, 0.29) is 5.91 Å². The van der Waals surface area contributed by atoms with E-state index in [1.165, 1.54) is 19.3 Å². The molecule has 0 bridgehead atoms. The van der Waals surface area contributed by atoms with E-state index >= 15 is 0 Å². The molecule has 0 saturated carbocycles. The highest BCUT2D eigenvalue weighted by atomic mass is 16.3. The molecule has 0 heterocycles. The average Bonchev–Trinajstić information content (AvgIpc) is 2.25. The van der Waals surface area contributed by atoms with Crippen LogP contribution in [0.25, 0.3) is 0 Å². The van der Waals surface area contributed by atoms with Gasteiger partial charge in [-0.15, -0.1) is 4.91 Å². The van der Waals surface area contributed by atoms with E-state index < -0.39 is 6.17 Å². The average molecular weight is 214 g/mol. The van der Waals surface area contributed by atoms with Crippen LogP contribution >= 0.6 is 0 Å². The van der Waals surface area contributed by atoms with Crippen LogP contribution in [0.1, 0.15) is 58.8 Å². The molecule has 0 aromatic heterocycles. The molecule has 0 aliphatic carbocycles. The van der Waals surface area contributed by atoms with Gasteiger partial charge in [0.25, 0.3) is 0 Å². The van der Waals surface area contributed by atoms with E-state index in [2.05, 4.69) is 17.4 Å². The van der Waals surface area contributed by atoms with Crippen LogP contribution in [0.3, 0.4) is 0 Å². The quantitative estimate of drug-likeness (QED) is 0.474. The van der Waals surface area contributed by atoms with Crippen molar-refractivity contribution in [3.63, 3.8) is 0 Å². The number of hydrogen-bond acceptors (Lipinski definition) is 3. The maximum absolute atomic E-state index is 11.3. The van der Waals surface area contributed by atoms with E-state index in [1.807, 2.05) is 6.92 Å². The maximum atomic E-state index is 11.3. The minimum absolute atomic E-state index is 0.0575. The first-order valence-corrected chi connectivity index (χ1v) is 5.86. The predicted octanol–water partition coefficient (Wildman–Crippen LogP) is 2.97. The molecule has 1 N–H and O–H groups in total. The van der Waals surface area contributed by atoms with Gasteiger partial charge in [0.15, 0.2) is 6.17 Å². The molecule has 0 spiro atoms. The highest BCUT2D eigenvalue weighted by Crippen LogP contribution is 2.05. The van der Waals surface area contributed by atoms with E-state index in [9.17, 15) is 9.70 Å². The fraction of sp³-hybridized carbons (Fsp3) is 0.909. The Morgan fingerprint density at radius 1 is 1.20 bits per heavy atom. The summed E-state index contributed by atoms with van der Waals surface area (Å²) < 4.78 is 0. The van der Waals surface area contributed by atoms with Gasteiger partial charge in [0, 0.05) is 6.42 Å². The molecule has 1 amide bonds. The molecule has 0 aliphatic rings. The Morgan fingerprint density at radius 3 is 2.40 bits per heavy atom. The monoisotopic (exact) mass is 214 g/mol. The van der Waals surface area contributed by atoms with Crippen LogP contribution in [0.2, 0.25) is 0 Å². The molecule has 1 atom stereocenters. The molecule has 1 unspecified atom stereocenters. The maximum Gasteiger partial charge on any atom is 0.221 e. The molecule has 4 heteroatoms. The number of carbonyl (C=O) groups excluding carboxylic acids is 1. The summed E-state index contributed by atoms with van der Waals surface area (Å²) in [5, 5.41) is 5.41.